The summed E-state index contributed by atoms with van der Waals surface area (Å²) < 4.78 is 15.8. The lowest BCUT2D eigenvalue weighted by Gasteiger charge is -2.22. The molecule has 3 rings (SSSR count). The van der Waals surface area contributed by atoms with Crippen molar-refractivity contribution in [2.75, 3.05) is 0 Å². The zero-order chi connectivity index (χ0) is 12.7. The average Bonchev–Trinajstić information content (AvgIpc) is 2.69. The standard InChI is InChI=1S/C13H13ClFN3/c14-12-11-10(16)6-3-7-18(11)13(17-12)8-4-1-2-5-9(8)15/h1-2,4-5,10H,3,6-7,16H2. The second kappa shape index (κ2) is 4.37. The molecular formula is C13H13ClFN3. The Morgan fingerprint density at radius 3 is 2.94 bits per heavy atom. The van der Waals surface area contributed by atoms with Crippen molar-refractivity contribution in [2.24, 2.45) is 5.73 Å². The first-order valence-electron chi connectivity index (χ1n) is 5.95. The second-order valence-electron chi connectivity index (χ2n) is 4.49. The van der Waals surface area contributed by atoms with E-state index in [9.17, 15) is 4.39 Å². The third-order valence-electron chi connectivity index (χ3n) is 3.32. The van der Waals surface area contributed by atoms with Crippen LogP contribution in [-0.4, -0.2) is 9.55 Å². The van der Waals surface area contributed by atoms with Crippen LogP contribution >= 0.6 is 11.6 Å². The summed E-state index contributed by atoms with van der Waals surface area (Å²) in [4.78, 5) is 4.28. The van der Waals surface area contributed by atoms with Gasteiger partial charge in [-0.25, -0.2) is 9.37 Å². The summed E-state index contributed by atoms with van der Waals surface area (Å²) in [5, 5.41) is 0.389. The highest BCUT2D eigenvalue weighted by Gasteiger charge is 2.26. The molecule has 18 heavy (non-hydrogen) atoms. The molecule has 3 nitrogen and oxygen atoms in total. The maximum Gasteiger partial charge on any atom is 0.152 e. The molecule has 5 heteroatoms. The zero-order valence-corrected chi connectivity index (χ0v) is 10.5. The van der Waals surface area contributed by atoms with E-state index in [0.29, 0.717) is 16.5 Å². The number of hydrogen-bond donors (Lipinski definition) is 1. The Morgan fingerprint density at radius 2 is 2.17 bits per heavy atom. The van der Waals surface area contributed by atoms with E-state index in [2.05, 4.69) is 4.98 Å². The summed E-state index contributed by atoms with van der Waals surface area (Å²) in [6.07, 6.45) is 1.85. The van der Waals surface area contributed by atoms with Crippen molar-refractivity contribution in [1.29, 1.82) is 0 Å². The van der Waals surface area contributed by atoms with Gasteiger partial charge in [0.25, 0.3) is 0 Å². The molecule has 1 aliphatic heterocycles. The van der Waals surface area contributed by atoms with E-state index in [0.717, 1.165) is 25.1 Å². The highest BCUT2D eigenvalue weighted by atomic mass is 35.5. The smallest absolute Gasteiger partial charge is 0.152 e. The van der Waals surface area contributed by atoms with E-state index in [1.165, 1.54) is 6.07 Å². The summed E-state index contributed by atoms with van der Waals surface area (Å²) in [6.45, 7) is 0.784. The number of rotatable bonds is 1. The van der Waals surface area contributed by atoms with E-state index in [4.69, 9.17) is 17.3 Å². The Hall–Kier alpha value is -1.39. The van der Waals surface area contributed by atoms with Gasteiger partial charge in [-0.05, 0) is 25.0 Å². The minimum Gasteiger partial charge on any atom is -0.325 e. The number of nitrogens with zero attached hydrogens (tertiary/aromatic N) is 2. The van der Waals surface area contributed by atoms with Crippen LogP contribution in [0.5, 0.6) is 0 Å². The molecule has 1 atom stereocenters. The molecule has 2 heterocycles. The van der Waals surface area contributed by atoms with Crippen LogP contribution in [-0.2, 0) is 6.54 Å². The first-order valence-corrected chi connectivity index (χ1v) is 6.32. The van der Waals surface area contributed by atoms with Crippen LogP contribution in [0.3, 0.4) is 0 Å². The number of aromatic nitrogens is 2. The van der Waals surface area contributed by atoms with Gasteiger partial charge in [-0.2, -0.15) is 0 Å². The first-order chi connectivity index (χ1) is 8.68. The van der Waals surface area contributed by atoms with Gasteiger partial charge in [-0.1, -0.05) is 23.7 Å². The highest BCUT2D eigenvalue weighted by molar-refractivity contribution is 6.30. The maximum absolute atomic E-state index is 13.8. The Labute approximate surface area is 109 Å². The van der Waals surface area contributed by atoms with Crippen molar-refractivity contribution in [1.82, 2.24) is 9.55 Å². The van der Waals surface area contributed by atoms with Crippen LogP contribution in [0.25, 0.3) is 11.4 Å². The summed E-state index contributed by atoms with van der Waals surface area (Å²) >= 11 is 6.13. The fraction of sp³-hybridized carbons (Fsp3) is 0.308. The van der Waals surface area contributed by atoms with Gasteiger partial charge in [0, 0.05) is 12.6 Å². The van der Waals surface area contributed by atoms with Gasteiger partial charge < -0.3 is 10.3 Å². The minimum atomic E-state index is -0.291. The van der Waals surface area contributed by atoms with Crippen LogP contribution in [0.15, 0.2) is 24.3 Å². The highest BCUT2D eigenvalue weighted by Crippen LogP contribution is 2.34. The molecule has 0 saturated heterocycles. The average molecular weight is 266 g/mol. The lowest BCUT2D eigenvalue weighted by Crippen LogP contribution is -2.22. The molecule has 0 aliphatic carbocycles. The molecule has 0 amide bonds. The van der Waals surface area contributed by atoms with Crippen LogP contribution in [0.2, 0.25) is 5.15 Å². The van der Waals surface area contributed by atoms with Crippen LogP contribution in [0, 0.1) is 5.82 Å². The van der Waals surface area contributed by atoms with Gasteiger partial charge in [-0.15, -0.1) is 0 Å². The van der Waals surface area contributed by atoms with Gasteiger partial charge in [0.05, 0.1) is 11.3 Å². The van der Waals surface area contributed by atoms with Gasteiger partial charge in [0.1, 0.15) is 11.6 Å². The topological polar surface area (TPSA) is 43.8 Å². The second-order valence-corrected chi connectivity index (χ2v) is 4.85. The fourth-order valence-corrected chi connectivity index (χ4v) is 2.79. The number of fused-ring (bicyclic) bond motifs is 1. The normalized spacial score (nSPS) is 18.7. The monoisotopic (exact) mass is 265 g/mol. The van der Waals surface area contributed by atoms with Crippen molar-refractivity contribution in [2.45, 2.75) is 25.4 Å². The molecule has 1 aromatic carbocycles. The fourth-order valence-electron chi connectivity index (χ4n) is 2.47. The Bertz CT molecular complexity index is 594. The summed E-state index contributed by atoms with van der Waals surface area (Å²) in [6, 6.07) is 6.47. The Balaban J connectivity index is 2.20. The van der Waals surface area contributed by atoms with Crippen LogP contribution in [0.1, 0.15) is 24.6 Å². The predicted octanol–water partition coefficient (Wildman–Crippen LogP) is 3.14. The minimum absolute atomic E-state index is 0.112. The van der Waals surface area contributed by atoms with Gasteiger partial charge in [-0.3, -0.25) is 0 Å². The number of imidazole rings is 1. The summed E-state index contributed by atoms with van der Waals surface area (Å²) in [5.41, 5.74) is 7.33. The Kier molecular flexibility index (Phi) is 2.84. The molecular weight excluding hydrogens is 253 g/mol. The van der Waals surface area contributed by atoms with E-state index >= 15 is 0 Å². The van der Waals surface area contributed by atoms with E-state index in [1.54, 1.807) is 18.2 Å². The van der Waals surface area contributed by atoms with E-state index in [1.807, 2.05) is 4.57 Å². The molecule has 0 radical (unpaired) electrons. The molecule has 0 fully saturated rings. The quantitative estimate of drug-likeness (QED) is 0.861. The van der Waals surface area contributed by atoms with Crippen molar-refractivity contribution < 1.29 is 4.39 Å². The lowest BCUT2D eigenvalue weighted by atomic mass is 10.1. The van der Waals surface area contributed by atoms with Crippen molar-refractivity contribution in [3.63, 3.8) is 0 Å². The molecule has 1 unspecified atom stereocenters. The summed E-state index contributed by atoms with van der Waals surface area (Å²) in [7, 11) is 0. The van der Waals surface area contributed by atoms with Gasteiger partial charge in [0.2, 0.25) is 0 Å². The molecule has 2 N–H and O–H groups in total. The third-order valence-corrected chi connectivity index (χ3v) is 3.60. The molecule has 0 saturated carbocycles. The molecule has 1 aromatic heterocycles. The number of halogens is 2. The van der Waals surface area contributed by atoms with Crippen LogP contribution < -0.4 is 5.73 Å². The maximum atomic E-state index is 13.8. The molecule has 0 bridgehead atoms. The molecule has 1 aliphatic rings. The predicted molar refractivity (Wildman–Crippen MR) is 68.8 cm³/mol. The van der Waals surface area contributed by atoms with E-state index in [-0.39, 0.29) is 11.9 Å². The van der Waals surface area contributed by atoms with E-state index < -0.39 is 0 Å². The zero-order valence-electron chi connectivity index (χ0n) is 9.74. The Morgan fingerprint density at radius 1 is 1.39 bits per heavy atom. The summed E-state index contributed by atoms with van der Waals surface area (Å²) in [5.74, 6) is 0.282. The molecule has 2 aromatic rings. The molecule has 0 spiro atoms. The van der Waals surface area contributed by atoms with Gasteiger partial charge in [0.15, 0.2) is 5.15 Å². The lowest BCUT2D eigenvalue weighted by molar-refractivity contribution is 0.465. The SMILES string of the molecule is NC1CCCn2c(-c3ccccc3F)nc(Cl)c21. The number of benzene rings is 1. The first kappa shape index (κ1) is 11.7. The largest absolute Gasteiger partial charge is 0.325 e. The number of hydrogen-bond acceptors (Lipinski definition) is 2. The van der Waals surface area contributed by atoms with Crippen molar-refractivity contribution in [3.8, 4) is 11.4 Å². The number of nitrogens with two attached hydrogens (primary N) is 1. The van der Waals surface area contributed by atoms with Crippen molar-refractivity contribution in [3.05, 3.63) is 40.9 Å². The molecule has 94 valence electrons. The van der Waals surface area contributed by atoms with Gasteiger partial charge >= 0.3 is 0 Å². The van der Waals surface area contributed by atoms with Crippen molar-refractivity contribution >= 4 is 11.6 Å². The van der Waals surface area contributed by atoms with Crippen LogP contribution in [0.4, 0.5) is 4.39 Å². The third kappa shape index (κ3) is 1.72.